The molecule has 0 fully saturated rings. The maximum absolute atomic E-state index is 5.77. The standard InChI is InChI=1S/C10H20N4/c1-5-10(2,3)7-12-9-8(11)6-14(4)13-9/h6H,5,7,11H2,1-4H3,(H,12,13). The fourth-order valence-electron chi connectivity index (χ4n) is 1.09. The summed E-state index contributed by atoms with van der Waals surface area (Å²) in [4.78, 5) is 0. The fourth-order valence-corrected chi connectivity index (χ4v) is 1.09. The number of hydrogen-bond donors (Lipinski definition) is 2. The number of nitrogen functional groups attached to an aromatic ring is 1. The molecule has 4 heteroatoms. The Hall–Kier alpha value is -1.19. The van der Waals surface area contributed by atoms with E-state index < -0.39 is 0 Å². The molecule has 0 aromatic carbocycles. The van der Waals surface area contributed by atoms with Gasteiger partial charge in [0, 0.05) is 19.8 Å². The summed E-state index contributed by atoms with van der Waals surface area (Å²) in [6, 6.07) is 0. The zero-order valence-corrected chi connectivity index (χ0v) is 9.46. The number of anilines is 2. The van der Waals surface area contributed by atoms with Gasteiger partial charge in [-0.05, 0) is 11.8 Å². The van der Waals surface area contributed by atoms with Gasteiger partial charge in [-0.15, -0.1) is 0 Å². The third-order valence-electron chi connectivity index (χ3n) is 2.55. The van der Waals surface area contributed by atoms with Gasteiger partial charge in [0.25, 0.3) is 0 Å². The van der Waals surface area contributed by atoms with Crippen molar-refractivity contribution in [2.75, 3.05) is 17.6 Å². The Morgan fingerprint density at radius 2 is 2.21 bits per heavy atom. The van der Waals surface area contributed by atoms with E-state index in [0.29, 0.717) is 5.69 Å². The SMILES string of the molecule is CCC(C)(C)CNc1nn(C)cc1N. The molecule has 0 radical (unpaired) electrons. The summed E-state index contributed by atoms with van der Waals surface area (Å²) >= 11 is 0. The Bertz CT molecular complexity index is 301. The van der Waals surface area contributed by atoms with Crippen molar-refractivity contribution in [3.05, 3.63) is 6.20 Å². The van der Waals surface area contributed by atoms with Gasteiger partial charge in [-0.3, -0.25) is 4.68 Å². The smallest absolute Gasteiger partial charge is 0.171 e. The van der Waals surface area contributed by atoms with Crippen LogP contribution in [-0.4, -0.2) is 16.3 Å². The summed E-state index contributed by atoms with van der Waals surface area (Å²) in [6.07, 6.45) is 2.94. The first-order chi connectivity index (χ1) is 6.44. The molecule has 1 aromatic rings. The van der Waals surface area contributed by atoms with Gasteiger partial charge in [-0.25, -0.2) is 0 Å². The van der Waals surface area contributed by atoms with E-state index in [1.807, 2.05) is 7.05 Å². The number of nitrogens with one attached hydrogen (secondary N) is 1. The van der Waals surface area contributed by atoms with Crippen LogP contribution in [0, 0.1) is 5.41 Å². The van der Waals surface area contributed by atoms with Crippen LogP contribution < -0.4 is 11.1 Å². The first-order valence-corrected chi connectivity index (χ1v) is 4.97. The maximum atomic E-state index is 5.77. The minimum Gasteiger partial charge on any atom is -0.394 e. The van der Waals surface area contributed by atoms with Crippen molar-refractivity contribution in [3.8, 4) is 0 Å². The lowest BCUT2D eigenvalue weighted by atomic mass is 9.90. The molecule has 4 nitrogen and oxygen atoms in total. The molecular weight excluding hydrogens is 176 g/mol. The topological polar surface area (TPSA) is 55.9 Å². The van der Waals surface area contributed by atoms with Gasteiger partial charge in [-0.2, -0.15) is 5.10 Å². The molecule has 0 aliphatic rings. The third kappa shape index (κ3) is 2.65. The first kappa shape index (κ1) is 10.9. The van der Waals surface area contributed by atoms with Gasteiger partial charge >= 0.3 is 0 Å². The Morgan fingerprint density at radius 3 is 2.64 bits per heavy atom. The predicted molar refractivity (Wildman–Crippen MR) is 60.2 cm³/mol. The molecule has 80 valence electrons. The lowest BCUT2D eigenvalue weighted by Gasteiger charge is -2.22. The highest BCUT2D eigenvalue weighted by molar-refractivity contribution is 5.59. The van der Waals surface area contributed by atoms with Crippen molar-refractivity contribution in [3.63, 3.8) is 0 Å². The van der Waals surface area contributed by atoms with E-state index in [4.69, 9.17) is 5.73 Å². The van der Waals surface area contributed by atoms with E-state index in [9.17, 15) is 0 Å². The van der Waals surface area contributed by atoms with Gasteiger partial charge in [0.1, 0.15) is 0 Å². The van der Waals surface area contributed by atoms with E-state index in [0.717, 1.165) is 18.8 Å². The zero-order chi connectivity index (χ0) is 10.8. The highest BCUT2D eigenvalue weighted by Crippen LogP contribution is 2.22. The molecule has 0 amide bonds. The lowest BCUT2D eigenvalue weighted by Crippen LogP contribution is -2.22. The largest absolute Gasteiger partial charge is 0.394 e. The van der Waals surface area contributed by atoms with E-state index >= 15 is 0 Å². The first-order valence-electron chi connectivity index (χ1n) is 4.97. The summed E-state index contributed by atoms with van der Waals surface area (Å²) in [7, 11) is 1.87. The van der Waals surface area contributed by atoms with Gasteiger partial charge in [0.05, 0.1) is 5.69 Å². The van der Waals surface area contributed by atoms with Gasteiger partial charge in [-0.1, -0.05) is 20.8 Å². The van der Waals surface area contributed by atoms with Crippen LogP contribution in [-0.2, 0) is 7.05 Å². The summed E-state index contributed by atoms with van der Waals surface area (Å²) in [5.41, 5.74) is 6.76. The highest BCUT2D eigenvalue weighted by atomic mass is 15.3. The second-order valence-corrected chi connectivity index (χ2v) is 4.48. The lowest BCUT2D eigenvalue weighted by molar-refractivity contribution is 0.376. The van der Waals surface area contributed by atoms with Gasteiger partial charge < -0.3 is 11.1 Å². The maximum Gasteiger partial charge on any atom is 0.171 e. The molecule has 0 saturated carbocycles. The average molecular weight is 196 g/mol. The highest BCUT2D eigenvalue weighted by Gasteiger charge is 2.15. The number of aryl methyl sites for hydroxylation is 1. The van der Waals surface area contributed by atoms with Crippen molar-refractivity contribution < 1.29 is 0 Å². The van der Waals surface area contributed by atoms with Crippen LogP contribution in [0.4, 0.5) is 11.5 Å². The van der Waals surface area contributed by atoms with Crippen molar-refractivity contribution in [2.45, 2.75) is 27.2 Å². The number of hydrogen-bond acceptors (Lipinski definition) is 3. The van der Waals surface area contributed by atoms with Crippen molar-refractivity contribution >= 4 is 11.5 Å². The van der Waals surface area contributed by atoms with Crippen LogP contribution in [0.25, 0.3) is 0 Å². The molecular formula is C10H20N4. The summed E-state index contributed by atoms with van der Waals surface area (Å²) in [6.45, 7) is 7.52. The molecule has 0 saturated heterocycles. The summed E-state index contributed by atoms with van der Waals surface area (Å²) in [5, 5.41) is 7.50. The fraction of sp³-hybridized carbons (Fsp3) is 0.700. The zero-order valence-electron chi connectivity index (χ0n) is 9.46. The van der Waals surface area contributed by atoms with Crippen LogP contribution in [0.5, 0.6) is 0 Å². The second kappa shape index (κ2) is 3.90. The summed E-state index contributed by atoms with van der Waals surface area (Å²) in [5.74, 6) is 0.786. The number of nitrogens with two attached hydrogens (primary N) is 1. The van der Waals surface area contributed by atoms with Crippen molar-refractivity contribution in [2.24, 2.45) is 12.5 Å². The third-order valence-corrected chi connectivity index (χ3v) is 2.55. The Balaban J connectivity index is 2.58. The van der Waals surface area contributed by atoms with Crippen LogP contribution in [0.1, 0.15) is 27.2 Å². The quantitative estimate of drug-likeness (QED) is 0.772. The molecule has 0 bridgehead atoms. The van der Waals surface area contributed by atoms with E-state index in [1.54, 1.807) is 10.9 Å². The minimum atomic E-state index is 0.282. The number of aromatic nitrogens is 2. The molecule has 1 aromatic heterocycles. The molecule has 1 heterocycles. The van der Waals surface area contributed by atoms with Crippen LogP contribution in [0.3, 0.4) is 0 Å². The molecule has 0 spiro atoms. The van der Waals surface area contributed by atoms with E-state index in [1.165, 1.54) is 0 Å². The molecule has 0 aliphatic heterocycles. The Morgan fingerprint density at radius 1 is 1.57 bits per heavy atom. The average Bonchev–Trinajstić information content (AvgIpc) is 2.42. The van der Waals surface area contributed by atoms with Crippen LogP contribution >= 0.6 is 0 Å². The molecule has 0 atom stereocenters. The van der Waals surface area contributed by atoms with E-state index in [-0.39, 0.29) is 5.41 Å². The second-order valence-electron chi connectivity index (χ2n) is 4.48. The number of rotatable bonds is 4. The molecule has 3 N–H and O–H groups in total. The van der Waals surface area contributed by atoms with Gasteiger partial charge in [0.2, 0.25) is 0 Å². The van der Waals surface area contributed by atoms with Crippen LogP contribution in [0.15, 0.2) is 6.20 Å². The van der Waals surface area contributed by atoms with E-state index in [2.05, 4.69) is 31.2 Å². The minimum absolute atomic E-state index is 0.282. The summed E-state index contributed by atoms with van der Waals surface area (Å²) < 4.78 is 1.72. The van der Waals surface area contributed by atoms with Gasteiger partial charge in [0.15, 0.2) is 5.82 Å². The van der Waals surface area contributed by atoms with Crippen LogP contribution in [0.2, 0.25) is 0 Å². The Kier molecular flexibility index (Phi) is 3.03. The molecule has 1 rings (SSSR count). The molecule has 14 heavy (non-hydrogen) atoms. The normalized spacial score (nSPS) is 11.7. The monoisotopic (exact) mass is 196 g/mol. The number of nitrogens with zero attached hydrogens (tertiary/aromatic N) is 2. The Labute approximate surface area is 85.5 Å². The molecule has 0 unspecified atom stereocenters. The predicted octanol–water partition coefficient (Wildman–Crippen LogP) is 1.85. The van der Waals surface area contributed by atoms with Crippen molar-refractivity contribution in [1.29, 1.82) is 0 Å². The van der Waals surface area contributed by atoms with Crippen molar-refractivity contribution in [1.82, 2.24) is 9.78 Å². The molecule has 0 aliphatic carbocycles.